The topological polar surface area (TPSA) is 88.1 Å². The molecule has 0 saturated heterocycles. The largest absolute Gasteiger partial charge is 0.493 e. The van der Waals surface area contributed by atoms with Gasteiger partial charge in [-0.05, 0) is 19.1 Å². The average molecular weight is 310 g/mol. The van der Waals surface area contributed by atoms with Gasteiger partial charge in [-0.2, -0.15) is 0 Å². The second-order valence-electron chi connectivity index (χ2n) is 4.25. The lowest BCUT2D eigenvalue weighted by Crippen LogP contribution is -2.21. The zero-order chi connectivity index (χ0) is 16.7. The van der Waals surface area contributed by atoms with Gasteiger partial charge in [0.05, 0.1) is 13.7 Å². The molecule has 7 nitrogen and oxygen atoms in total. The van der Waals surface area contributed by atoms with Crippen LogP contribution >= 0.6 is 0 Å². The maximum Gasteiger partial charge on any atom is 0.352 e. The summed E-state index contributed by atoms with van der Waals surface area (Å²) in [6.45, 7) is 4.25. The molecule has 0 aromatic heterocycles. The summed E-state index contributed by atoms with van der Waals surface area (Å²) in [5.41, 5.74) is 0.349. The number of methoxy groups -OCH3 is 1. The molecule has 0 aliphatic carbocycles. The van der Waals surface area contributed by atoms with Crippen LogP contribution in [0.3, 0.4) is 0 Å². The maximum atomic E-state index is 11.9. The Morgan fingerprint density at radius 3 is 2.27 bits per heavy atom. The summed E-state index contributed by atoms with van der Waals surface area (Å²) in [6, 6.07) is 4.39. The van der Waals surface area contributed by atoms with Crippen molar-refractivity contribution >= 4 is 17.9 Å². The minimum Gasteiger partial charge on any atom is -0.493 e. The number of carbonyl (C=O) groups is 3. The Balaban J connectivity index is 3.16. The van der Waals surface area contributed by atoms with E-state index in [1.54, 1.807) is 6.92 Å². The summed E-state index contributed by atoms with van der Waals surface area (Å²) >= 11 is 0. The van der Waals surface area contributed by atoms with Crippen molar-refractivity contribution in [3.63, 3.8) is 0 Å². The van der Waals surface area contributed by atoms with Gasteiger partial charge in [0.2, 0.25) is 6.10 Å². The molecule has 0 unspecified atom stereocenters. The molecule has 22 heavy (non-hydrogen) atoms. The third kappa shape index (κ3) is 4.76. The van der Waals surface area contributed by atoms with Crippen LogP contribution in [0.5, 0.6) is 11.5 Å². The lowest BCUT2D eigenvalue weighted by molar-refractivity contribution is -0.167. The molecule has 0 fully saturated rings. The van der Waals surface area contributed by atoms with E-state index in [0.717, 1.165) is 0 Å². The Hall–Kier alpha value is -2.57. The third-order valence-corrected chi connectivity index (χ3v) is 2.53. The Morgan fingerprint density at radius 2 is 1.77 bits per heavy atom. The molecule has 0 radical (unpaired) electrons. The fourth-order valence-electron chi connectivity index (χ4n) is 1.72. The molecular weight excluding hydrogens is 292 g/mol. The van der Waals surface area contributed by atoms with Gasteiger partial charge in [0.25, 0.3) is 0 Å². The fraction of sp³-hybridized carbons (Fsp3) is 0.400. The zero-order valence-electron chi connectivity index (χ0n) is 12.9. The van der Waals surface area contributed by atoms with Gasteiger partial charge in [0.15, 0.2) is 11.5 Å². The van der Waals surface area contributed by atoms with E-state index in [0.29, 0.717) is 5.56 Å². The van der Waals surface area contributed by atoms with E-state index >= 15 is 0 Å². The molecule has 7 heteroatoms. The van der Waals surface area contributed by atoms with Gasteiger partial charge in [-0.3, -0.25) is 9.59 Å². The first-order valence-electron chi connectivity index (χ1n) is 6.59. The summed E-state index contributed by atoms with van der Waals surface area (Å²) < 4.78 is 20.0. The number of rotatable bonds is 6. The van der Waals surface area contributed by atoms with Crippen LogP contribution in [-0.2, 0) is 23.9 Å². The van der Waals surface area contributed by atoms with E-state index in [1.807, 2.05) is 0 Å². The molecule has 0 heterocycles. The fourth-order valence-corrected chi connectivity index (χ4v) is 1.72. The van der Waals surface area contributed by atoms with E-state index in [9.17, 15) is 14.4 Å². The Morgan fingerprint density at radius 1 is 1.09 bits per heavy atom. The van der Waals surface area contributed by atoms with Gasteiger partial charge in [-0.1, -0.05) is 6.07 Å². The van der Waals surface area contributed by atoms with E-state index in [4.69, 9.17) is 18.9 Å². The summed E-state index contributed by atoms with van der Waals surface area (Å²) in [5.74, 6) is -1.40. The predicted octanol–water partition coefficient (Wildman–Crippen LogP) is 1.79. The molecule has 0 aliphatic heterocycles. The lowest BCUT2D eigenvalue weighted by Gasteiger charge is -2.17. The number of hydrogen-bond donors (Lipinski definition) is 0. The van der Waals surface area contributed by atoms with Crippen LogP contribution < -0.4 is 9.47 Å². The zero-order valence-corrected chi connectivity index (χ0v) is 12.9. The highest BCUT2D eigenvalue weighted by molar-refractivity contribution is 5.80. The second-order valence-corrected chi connectivity index (χ2v) is 4.25. The monoisotopic (exact) mass is 310 g/mol. The number of esters is 3. The normalized spacial score (nSPS) is 11.3. The first-order chi connectivity index (χ1) is 10.4. The van der Waals surface area contributed by atoms with E-state index in [2.05, 4.69) is 0 Å². The van der Waals surface area contributed by atoms with Crippen molar-refractivity contribution in [2.75, 3.05) is 13.7 Å². The SMILES string of the molecule is CCOC(=O)[C@H](OC(C)=O)c1ccc(OC(C)=O)c(OC)c1. The molecule has 120 valence electrons. The third-order valence-electron chi connectivity index (χ3n) is 2.53. The number of carbonyl (C=O) groups excluding carboxylic acids is 3. The number of ether oxygens (including phenoxy) is 4. The number of benzene rings is 1. The highest BCUT2D eigenvalue weighted by Crippen LogP contribution is 2.32. The van der Waals surface area contributed by atoms with Crippen LogP contribution in [0.25, 0.3) is 0 Å². The average Bonchev–Trinajstić information content (AvgIpc) is 2.44. The van der Waals surface area contributed by atoms with Crippen LogP contribution in [0.2, 0.25) is 0 Å². The van der Waals surface area contributed by atoms with E-state index < -0.39 is 24.0 Å². The molecule has 1 aromatic rings. The van der Waals surface area contributed by atoms with Crippen molar-refractivity contribution in [2.24, 2.45) is 0 Å². The molecule has 1 rings (SSSR count). The minimum absolute atomic E-state index is 0.152. The molecule has 0 spiro atoms. The number of hydrogen-bond acceptors (Lipinski definition) is 7. The maximum absolute atomic E-state index is 11.9. The highest BCUT2D eigenvalue weighted by atomic mass is 16.6. The predicted molar refractivity (Wildman–Crippen MR) is 75.4 cm³/mol. The van der Waals surface area contributed by atoms with Gasteiger partial charge in [0.1, 0.15) is 0 Å². The van der Waals surface area contributed by atoms with Crippen molar-refractivity contribution in [2.45, 2.75) is 26.9 Å². The Labute approximate surface area is 128 Å². The van der Waals surface area contributed by atoms with Gasteiger partial charge >= 0.3 is 17.9 Å². The quantitative estimate of drug-likeness (QED) is 0.584. The molecule has 0 amide bonds. The molecule has 1 aromatic carbocycles. The van der Waals surface area contributed by atoms with Crippen LogP contribution in [0, 0.1) is 0 Å². The molecule has 0 bridgehead atoms. The van der Waals surface area contributed by atoms with Crippen molar-refractivity contribution in [3.8, 4) is 11.5 Å². The second kappa shape index (κ2) is 8.02. The van der Waals surface area contributed by atoms with E-state index in [-0.39, 0.29) is 18.1 Å². The van der Waals surface area contributed by atoms with Gasteiger partial charge in [-0.25, -0.2) is 4.79 Å². The molecule has 0 saturated carbocycles. The van der Waals surface area contributed by atoms with Crippen molar-refractivity contribution in [1.82, 2.24) is 0 Å². The van der Waals surface area contributed by atoms with Gasteiger partial charge in [-0.15, -0.1) is 0 Å². The van der Waals surface area contributed by atoms with Crippen LogP contribution in [-0.4, -0.2) is 31.6 Å². The molecule has 1 atom stereocenters. The van der Waals surface area contributed by atoms with Crippen LogP contribution in [0.4, 0.5) is 0 Å². The van der Waals surface area contributed by atoms with Crippen molar-refractivity contribution in [3.05, 3.63) is 23.8 Å². The minimum atomic E-state index is -1.21. The van der Waals surface area contributed by atoms with Crippen molar-refractivity contribution in [1.29, 1.82) is 0 Å². The standard InChI is InChI=1S/C15H18O7/c1-5-20-15(18)14(22-10(3)17)11-6-7-12(21-9(2)16)13(8-11)19-4/h6-8,14H,5H2,1-4H3/t14-/m1/s1. The smallest absolute Gasteiger partial charge is 0.352 e. The Bertz CT molecular complexity index is 565. The van der Waals surface area contributed by atoms with Gasteiger partial charge < -0.3 is 18.9 Å². The summed E-state index contributed by atoms with van der Waals surface area (Å²) in [5, 5.41) is 0. The molecular formula is C15H18O7. The lowest BCUT2D eigenvalue weighted by atomic mass is 10.1. The Kier molecular flexibility index (Phi) is 6.37. The highest BCUT2D eigenvalue weighted by Gasteiger charge is 2.26. The molecule has 0 N–H and O–H groups in total. The van der Waals surface area contributed by atoms with Crippen molar-refractivity contribution < 1.29 is 33.3 Å². The summed E-state index contributed by atoms with van der Waals surface area (Å²) in [7, 11) is 1.39. The summed E-state index contributed by atoms with van der Waals surface area (Å²) in [4.78, 5) is 34.1. The first-order valence-corrected chi connectivity index (χ1v) is 6.59. The van der Waals surface area contributed by atoms with E-state index in [1.165, 1.54) is 39.2 Å². The van der Waals surface area contributed by atoms with Crippen LogP contribution in [0.1, 0.15) is 32.4 Å². The first kappa shape index (κ1) is 17.5. The van der Waals surface area contributed by atoms with Gasteiger partial charge in [0, 0.05) is 19.4 Å². The van der Waals surface area contributed by atoms with Crippen LogP contribution in [0.15, 0.2) is 18.2 Å². The summed E-state index contributed by atoms with van der Waals surface area (Å²) in [6.07, 6.45) is -1.21. The molecule has 0 aliphatic rings.